The number of hydrogen-bond donors (Lipinski definition) is 0. The van der Waals surface area contributed by atoms with Crippen LogP contribution in [0.4, 0.5) is 26.3 Å². The molecule has 0 aliphatic heterocycles. The van der Waals surface area contributed by atoms with Crippen LogP contribution in [0.2, 0.25) is 0 Å². The number of benzene rings is 1. The Kier molecular flexibility index (Phi) is 5.30. The van der Waals surface area contributed by atoms with Gasteiger partial charge in [-0.25, -0.2) is 0 Å². The van der Waals surface area contributed by atoms with Gasteiger partial charge in [0.05, 0.1) is 18.0 Å². The third-order valence-corrected chi connectivity index (χ3v) is 7.43. The molecule has 0 atom stereocenters. The highest BCUT2D eigenvalue weighted by molar-refractivity contribution is 14.1. The lowest BCUT2D eigenvalue weighted by Gasteiger charge is -2.11. The monoisotopic (exact) mass is 522 g/mol. The molecule has 2 aromatic rings. The molecule has 0 amide bonds. The Morgan fingerprint density at radius 2 is 1.75 bits per heavy atom. The van der Waals surface area contributed by atoms with Crippen LogP contribution in [0.1, 0.15) is 5.56 Å². The van der Waals surface area contributed by atoms with Crippen LogP contribution < -0.4 is 4.18 Å². The molecule has 24 heavy (non-hydrogen) atoms. The highest BCUT2D eigenvalue weighted by Gasteiger charge is 2.49. The largest absolute Gasteiger partial charge is 0.534 e. The highest BCUT2D eigenvalue weighted by Crippen LogP contribution is 2.48. The van der Waals surface area contributed by atoms with Crippen molar-refractivity contribution in [2.75, 3.05) is 6.26 Å². The third-order valence-electron chi connectivity index (χ3n) is 2.68. The fourth-order valence-electron chi connectivity index (χ4n) is 1.73. The van der Waals surface area contributed by atoms with Gasteiger partial charge in [0, 0.05) is 5.39 Å². The first-order chi connectivity index (χ1) is 10.8. The number of thioether (sulfide) groups is 1. The van der Waals surface area contributed by atoms with Crippen molar-refractivity contribution in [1.29, 1.82) is 0 Å². The SMILES string of the molecule is CSc1sc2c(I)c(OS(=O)(=O)C(F)(F)F)ccc2c1C(F)(F)F. The first-order valence-corrected chi connectivity index (χ1v) is 10.2. The average Bonchev–Trinajstić information content (AvgIpc) is 2.79. The minimum Gasteiger partial charge on any atom is -0.375 e. The van der Waals surface area contributed by atoms with E-state index < -0.39 is 33.1 Å². The minimum absolute atomic E-state index is 0.00199. The third kappa shape index (κ3) is 3.58. The second-order valence-electron chi connectivity index (χ2n) is 4.20. The molecule has 0 fully saturated rings. The Bertz CT molecular complexity index is 885. The summed E-state index contributed by atoms with van der Waals surface area (Å²) in [6.07, 6.45) is -3.22. The molecule has 0 saturated heterocycles. The molecule has 0 spiro atoms. The second-order valence-corrected chi connectivity index (χ2v) is 8.92. The zero-order chi connectivity index (χ0) is 18.5. The van der Waals surface area contributed by atoms with E-state index in [9.17, 15) is 34.8 Å². The van der Waals surface area contributed by atoms with Gasteiger partial charge in [-0.15, -0.1) is 23.1 Å². The zero-order valence-electron chi connectivity index (χ0n) is 11.2. The average molecular weight is 522 g/mol. The summed E-state index contributed by atoms with van der Waals surface area (Å²) in [4.78, 5) is 0. The molecule has 3 nitrogen and oxygen atoms in total. The quantitative estimate of drug-likeness (QED) is 0.176. The van der Waals surface area contributed by atoms with Gasteiger partial charge >= 0.3 is 21.8 Å². The molecule has 1 aromatic heterocycles. The normalized spacial score (nSPS) is 13.5. The number of fused-ring (bicyclic) bond motifs is 1. The van der Waals surface area contributed by atoms with Crippen molar-refractivity contribution >= 4 is 65.9 Å². The molecule has 0 aliphatic carbocycles. The minimum atomic E-state index is -5.91. The van der Waals surface area contributed by atoms with Gasteiger partial charge in [0.15, 0.2) is 5.75 Å². The van der Waals surface area contributed by atoms with Crippen molar-refractivity contribution < 1.29 is 38.9 Å². The van der Waals surface area contributed by atoms with Crippen LogP contribution in [0.3, 0.4) is 0 Å². The Labute approximate surface area is 153 Å². The van der Waals surface area contributed by atoms with Crippen molar-refractivity contribution in [3.63, 3.8) is 0 Å². The lowest BCUT2D eigenvalue weighted by atomic mass is 10.1. The topological polar surface area (TPSA) is 43.4 Å². The zero-order valence-corrected chi connectivity index (χ0v) is 15.9. The summed E-state index contributed by atoms with van der Waals surface area (Å²) >= 11 is 3.00. The van der Waals surface area contributed by atoms with Crippen molar-refractivity contribution in [3.05, 3.63) is 21.3 Å². The van der Waals surface area contributed by atoms with E-state index in [0.717, 1.165) is 23.9 Å². The number of thiophene rings is 1. The predicted molar refractivity (Wildman–Crippen MR) is 86.9 cm³/mol. The first-order valence-electron chi connectivity index (χ1n) is 5.66. The summed E-state index contributed by atoms with van der Waals surface area (Å²) in [6, 6.07) is 1.68. The molecule has 0 N–H and O–H groups in total. The van der Waals surface area contributed by atoms with Crippen LogP contribution in [0, 0.1) is 3.57 Å². The molecule has 134 valence electrons. The van der Waals surface area contributed by atoms with Gasteiger partial charge in [0.2, 0.25) is 0 Å². The number of alkyl halides is 6. The fourth-order valence-corrected chi connectivity index (χ4v) is 5.26. The molecule has 0 aliphatic rings. The molecule has 0 radical (unpaired) electrons. The Morgan fingerprint density at radius 3 is 2.21 bits per heavy atom. The lowest BCUT2D eigenvalue weighted by Crippen LogP contribution is -2.28. The van der Waals surface area contributed by atoms with Crippen LogP contribution in [0.25, 0.3) is 10.1 Å². The van der Waals surface area contributed by atoms with Crippen LogP contribution in [0.5, 0.6) is 5.75 Å². The van der Waals surface area contributed by atoms with Crippen LogP contribution in [0.15, 0.2) is 16.3 Å². The molecule has 0 unspecified atom stereocenters. The van der Waals surface area contributed by atoms with Crippen molar-refractivity contribution in [2.45, 2.75) is 15.9 Å². The van der Waals surface area contributed by atoms with Gasteiger partial charge < -0.3 is 4.18 Å². The van der Waals surface area contributed by atoms with E-state index in [-0.39, 0.29) is 17.9 Å². The summed E-state index contributed by atoms with van der Waals surface area (Å²) in [7, 11) is -5.91. The van der Waals surface area contributed by atoms with E-state index in [1.54, 1.807) is 0 Å². The summed E-state index contributed by atoms with van der Waals surface area (Å²) in [6.45, 7) is 0. The van der Waals surface area contributed by atoms with Crippen LogP contribution >= 0.6 is 45.7 Å². The number of rotatable bonds is 3. The summed E-state index contributed by atoms with van der Waals surface area (Å²) < 4.78 is 103. The van der Waals surface area contributed by atoms with E-state index in [4.69, 9.17) is 0 Å². The number of hydrogen-bond acceptors (Lipinski definition) is 5. The standard InChI is InChI=1S/C11H5F6IO3S3/c1-22-9-6(10(12,13)14)4-2-3-5(7(18)8(4)23-9)21-24(19,20)11(15,16)17/h2-3H,1H3. The Hall–Kier alpha value is -0.410. The molecular weight excluding hydrogens is 517 g/mol. The van der Waals surface area contributed by atoms with Crippen molar-refractivity contribution in [3.8, 4) is 5.75 Å². The molecule has 1 aromatic carbocycles. The van der Waals surface area contributed by atoms with E-state index >= 15 is 0 Å². The van der Waals surface area contributed by atoms with Crippen molar-refractivity contribution in [2.24, 2.45) is 0 Å². The predicted octanol–water partition coefficient (Wildman–Crippen LogP) is 5.48. The smallest absolute Gasteiger partial charge is 0.375 e. The van der Waals surface area contributed by atoms with Gasteiger partial charge in [0.1, 0.15) is 0 Å². The molecule has 2 rings (SSSR count). The maximum Gasteiger partial charge on any atom is 0.534 e. The Morgan fingerprint density at radius 1 is 1.17 bits per heavy atom. The van der Waals surface area contributed by atoms with Gasteiger partial charge in [-0.2, -0.15) is 34.8 Å². The molecular formula is C11H5F6IO3S3. The van der Waals surface area contributed by atoms with Crippen LogP contribution in [-0.2, 0) is 16.3 Å². The summed E-state index contributed by atoms with van der Waals surface area (Å²) in [5.41, 5.74) is -6.54. The first kappa shape index (κ1) is 19.9. The second kappa shape index (κ2) is 6.39. The molecule has 0 saturated carbocycles. The summed E-state index contributed by atoms with van der Waals surface area (Å²) in [5.74, 6) is -0.678. The van der Waals surface area contributed by atoms with E-state index in [2.05, 4.69) is 4.18 Å². The van der Waals surface area contributed by atoms with E-state index in [0.29, 0.717) is 11.3 Å². The van der Waals surface area contributed by atoms with Gasteiger partial charge in [-0.1, -0.05) is 0 Å². The number of halogens is 7. The molecule has 13 heteroatoms. The maximum atomic E-state index is 13.2. The lowest BCUT2D eigenvalue weighted by molar-refractivity contribution is -0.137. The van der Waals surface area contributed by atoms with E-state index in [1.165, 1.54) is 28.8 Å². The van der Waals surface area contributed by atoms with Gasteiger partial charge in [-0.05, 0) is 41.0 Å². The highest BCUT2D eigenvalue weighted by atomic mass is 127. The van der Waals surface area contributed by atoms with Crippen LogP contribution in [-0.4, -0.2) is 20.2 Å². The van der Waals surface area contributed by atoms with Gasteiger partial charge in [-0.3, -0.25) is 0 Å². The summed E-state index contributed by atoms with van der Waals surface area (Å²) in [5, 5.41) is -0.224. The Balaban J connectivity index is 2.65. The maximum absolute atomic E-state index is 13.2. The fraction of sp³-hybridized carbons (Fsp3) is 0.273. The molecule has 1 heterocycles. The van der Waals surface area contributed by atoms with Gasteiger partial charge in [0.25, 0.3) is 0 Å². The molecule has 0 bridgehead atoms. The van der Waals surface area contributed by atoms with Crippen molar-refractivity contribution in [1.82, 2.24) is 0 Å². The van der Waals surface area contributed by atoms with E-state index in [1.807, 2.05) is 0 Å².